The van der Waals surface area contributed by atoms with E-state index in [0.717, 1.165) is 19.6 Å². The number of carbonyl (C=O) groups excluding carboxylic acids is 1. The third-order valence-electron chi connectivity index (χ3n) is 4.34. The summed E-state index contributed by atoms with van der Waals surface area (Å²) in [5.74, 6) is -0.0694. The van der Waals surface area contributed by atoms with Crippen molar-refractivity contribution in [1.29, 1.82) is 0 Å². The lowest BCUT2D eigenvalue weighted by molar-refractivity contribution is -0.384. The first-order valence-corrected chi connectivity index (χ1v) is 8.44. The van der Waals surface area contributed by atoms with Crippen LogP contribution in [0.15, 0.2) is 54.9 Å². The van der Waals surface area contributed by atoms with E-state index in [-0.39, 0.29) is 11.6 Å². The molecule has 0 atom stereocenters. The van der Waals surface area contributed by atoms with Crippen LogP contribution in [0.4, 0.5) is 5.69 Å². The second-order valence-corrected chi connectivity index (χ2v) is 6.14. The summed E-state index contributed by atoms with van der Waals surface area (Å²) < 4.78 is 0. The molecule has 0 N–H and O–H groups in total. The van der Waals surface area contributed by atoms with Crippen LogP contribution in [0.3, 0.4) is 0 Å². The summed E-state index contributed by atoms with van der Waals surface area (Å²) in [5.41, 5.74) is 1.87. The van der Waals surface area contributed by atoms with Gasteiger partial charge in [-0.25, -0.2) is 0 Å². The van der Waals surface area contributed by atoms with E-state index in [2.05, 4.69) is 9.88 Å². The lowest BCUT2D eigenvalue weighted by atomic mass is 10.2. The van der Waals surface area contributed by atoms with Crippen LogP contribution in [0.1, 0.15) is 11.1 Å². The topological polar surface area (TPSA) is 79.6 Å². The zero-order valence-electron chi connectivity index (χ0n) is 14.3. The zero-order valence-corrected chi connectivity index (χ0v) is 14.3. The standard InChI is InChI=1S/C19H20N4O3/c24-19(5-4-16-2-1-3-18(14-16)23(25)26)22-12-10-21(11-13-22)15-17-6-8-20-9-7-17/h1-9,14H,10-13,15H2/b5-4+. The number of aromatic nitrogens is 1. The Kier molecular flexibility index (Phi) is 5.70. The van der Waals surface area contributed by atoms with Gasteiger partial charge in [-0.2, -0.15) is 0 Å². The van der Waals surface area contributed by atoms with Crippen LogP contribution < -0.4 is 0 Å². The molecule has 0 saturated carbocycles. The van der Waals surface area contributed by atoms with Gasteiger partial charge in [-0.05, 0) is 29.3 Å². The highest BCUT2D eigenvalue weighted by Gasteiger charge is 2.19. The van der Waals surface area contributed by atoms with Gasteiger partial charge in [0, 0.05) is 63.3 Å². The second-order valence-electron chi connectivity index (χ2n) is 6.14. The lowest BCUT2D eigenvalue weighted by Gasteiger charge is -2.34. The molecule has 3 rings (SSSR count). The highest BCUT2D eigenvalue weighted by Crippen LogP contribution is 2.14. The minimum absolute atomic E-state index is 0.0179. The Morgan fingerprint density at radius 1 is 1.15 bits per heavy atom. The van der Waals surface area contributed by atoms with Gasteiger partial charge in [0.15, 0.2) is 0 Å². The Labute approximate surface area is 151 Å². The summed E-state index contributed by atoms with van der Waals surface area (Å²) >= 11 is 0. The minimum Gasteiger partial charge on any atom is -0.337 e. The molecule has 1 aromatic carbocycles. The molecule has 1 fully saturated rings. The Morgan fingerprint density at radius 2 is 1.88 bits per heavy atom. The van der Waals surface area contributed by atoms with Crippen molar-refractivity contribution in [3.8, 4) is 0 Å². The maximum absolute atomic E-state index is 12.3. The summed E-state index contributed by atoms with van der Waals surface area (Å²) in [7, 11) is 0. The van der Waals surface area contributed by atoms with Gasteiger partial charge in [0.05, 0.1) is 4.92 Å². The first kappa shape index (κ1) is 17.8. The lowest BCUT2D eigenvalue weighted by Crippen LogP contribution is -2.47. The highest BCUT2D eigenvalue weighted by molar-refractivity contribution is 5.91. The normalized spacial score (nSPS) is 15.3. The van der Waals surface area contributed by atoms with Crippen molar-refractivity contribution < 1.29 is 9.72 Å². The Bertz CT molecular complexity index is 799. The van der Waals surface area contributed by atoms with Gasteiger partial charge < -0.3 is 4.90 Å². The zero-order chi connectivity index (χ0) is 18.4. The Balaban J connectivity index is 1.52. The number of carbonyl (C=O) groups is 1. The van der Waals surface area contributed by atoms with E-state index in [1.54, 1.807) is 35.5 Å². The van der Waals surface area contributed by atoms with Crippen molar-refractivity contribution in [2.75, 3.05) is 26.2 Å². The molecule has 1 amide bonds. The fourth-order valence-corrected chi connectivity index (χ4v) is 2.89. The van der Waals surface area contributed by atoms with Gasteiger partial charge in [0.25, 0.3) is 5.69 Å². The third-order valence-corrected chi connectivity index (χ3v) is 4.34. The van der Waals surface area contributed by atoms with E-state index < -0.39 is 4.92 Å². The largest absolute Gasteiger partial charge is 0.337 e. The van der Waals surface area contributed by atoms with Crippen molar-refractivity contribution in [3.63, 3.8) is 0 Å². The number of benzene rings is 1. The van der Waals surface area contributed by atoms with Crippen LogP contribution in [-0.2, 0) is 11.3 Å². The monoisotopic (exact) mass is 352 g/mol. The maximum Gasteiger partial charge on any atom is 0.270 e. The fourth-order valence-electron chi connectivity index (χ4n) is 2.89. The smallest absolute Gasteiger partial charge is 0.270 e. The molecule has 1 saturated heterocycles. The van der Waals surface area contributed by atoms with Gasteiger partial charge in [-0.1, -0.05) is 12.1 Å². The van der Waals surface area contributed by atoms with Gasteiger partial charge in [0.1, 0.15) is 0 Å². The SMILES string of the molecule is O=C(/C=C/c1cccc([N+](=O)[O-])c1)N1CCN(Cc2ccncc2)CC1. The van der Waals surface area contributed by atoms with E-state index in [1.807, 2.05) is 12.1 Å². The average Bonchev–Trinajstić information content (AvgIpc) is 2.68. The fraction of sp³-hybridized carbons (Fsp3) is 0.263. The summed E-state index contributed by atoms with van der Waals surface area (Å²) in [6.07, 6.45) is 6.68. The number of piperazine rings is 1. The number of pyridine rings is 1. The van der Waals surface area contributed by atoms with E-state index in [4.69, 9.17) is 0 Å². The van der Waals surface area contributed by atoms with Crippen LogP contribution in [-0.4, -0.2) is 51.8 Å². The molecule has 0 bridgehead atoms. The molecule has 2 aromatic rings. The maximum atomic E-state index is 12.3. The quantitative estimate of drug-likeness (QED) is 0.469. The molecule has 0 unspecified atom stereocenters. The summed E-state index contributed by atoms with van der Waals surface area (Å²) in [5, 5.41) is 10.8. The van der Waals surface area contributed by atoms with Gasteiger partial charge >= 0.3 is 0 Å². The molecule has 7 nitrogen and oxygen atoms in total. The van der Waals surface area contributed by atoms with E-state index in [0.29, 0.717) is 18.7 Å². The van der Waals surface area contributed by atoms with Crippen molar-refractivity contribution in [2.24, 2.45) is 0 Å². The summed E-state index contributed by atoms with van der Waals surface area (Å²) in [6, 6.07) is 10.2. The van der Waals surface area contributed by atoms with Gasteiger partial charge in [-0.3, -0.25) is 24.8 Å². The van der Waals surface area contributed by atoms with Crippen molar-refractivity contribution in [2.45, 2.75) is 6.54 Å². The summed E-state index contributed by atoms with van der Waals surface area (Å²) in [4.78, 5) is 30.8. The van der Waals surface area contributed by atoms with Crippen LogP contribution in [0.2, 0.25) is 0 Å². The predicted molar refractivity (Wildman–Crippen MR) is 98.2 cm³/mol. The molecule has 0 spiro atoms. The first-order valence-electron chi connectivity index (χ1n) is 8.44. The highest BCUT2D eigenvalue weighted by atomic mass is 16.6. The van der Waals surface area contributed by atoms with Gasteiger partial charge in [-0.15, -0.1) is 0 Å². The average molecular weight is 352 g/mol. The molecular weight excluding hydrogens is 332 g/mol. The molecule has 1 aromatic heterocycles. The Morgan fingerprint density at radius 3 is 2.58 bits per heavy atom. The molecule has 134 valence electrons. The molecule has 1 aliphatic rings. The number of hydrogen-bond donors (Lipinski definition) is 0. The number of nitro groups is 1. The second kappa shape index (κ2) is 8.35. The molecular formula is C19H20N4O3. The van der Waals surface area contributed by atoms with E-state index in [9.17, 15) is 14.9 Å². The van der Waals surface area contributed by atoms with Crippen molar-refractivity contribution in [1.82, 2.24) is 14.8 Å². The van der Waals surface area contributed by atoms with Crippen LogP contribution in [0.25, 0.3) is 6.08 Å². The van der Waals surface area contributed by atoms with Gasteiger partial charge in [0.2, 0.25) is 5.91 Å². The molecule has 1 aliphatic heterocycles. The number of rotatable bonds is 5. The number of nitro benzene ring substituents is 1. The minimum atomic E-state index is -0.443. The molecule has 0 aliphatic carbocycles. The predicted octanol–water partition coefficient (Wildman–Crippen LogP) is 2.35. The Hall–Kier alpha value is -3.06. The molecule has 7 heteroatoms. The van der Waals surface area contributed by atoms with E-state index >= 15 is 0 Å². The van der Waals surface area contributed by atoms with Crippen LogP contribution in [0, 0.1) is 10.1 Å². The number of non-ortho nitro benzene ring substituents is 1. The van der Waals surface area contributed by atoms with Crippen LogP contribution >= 0.6 is 0 Å². The molecule has 26 heavy (non-hydrogen) atoms. The van der Waals surface area contributed by atoms with E-state index in [1.165, 1.54) is 23.8 Å². The third kappa shape index (κ3) is 4.73. The van der Waals surface area contributed by atoms with Crippen LogP contribution in [0.5, 0.6) is 0 Å². The first-order chi connectivity index (χ1) is 12.6. The molecule has 0 radical (unpaired) electrons. The van der Waals surface area contributed by atoms with Crippen molar-refractivity contribution in [3.05, 3.63) is 76.1 Å². The van der Waals surface area contributed by atoms with Crippen molar-refractivity contribution >= 4 is 17.7 Å². The number of hydrogen-bond acceptors (Lipinski definition) is 5. The molecule has 2 heterocycles. The number of nitrogens with zero attached hydrogens (tertiary/aromatic N) is 4. The number of amides is 1. The summed E-state index contributed by atoms with van der Waals surface area (Å²) in [6.45, 7) is 3.83.